The van der Waals surface area contributed by atoms with Crippen molar-refractivity contribution in [2.45, 2.75) is 17.1 Å². The number of hydrogen-bond acceptors (Lipinski definition) is 7. The molecule has 0 atom stereocenters. The maximum absolute atomic E-state index is 11.1. The number of thioether (sulfide) groups is 1. The predicted molar refractivity (Wildman–Crippen MR) is 125 cm³/mol. The second-order valence-electron chi connectivity index (χ2n) is 7.54. The van der Waals surface area contributed by atoms with Gasteiger partial charge in [-0.3, -0.25) is 15.0 Å². The van der Waals surface area contributed by atoms with E-state index in [1.807, 2.05) is 30.5 Å². The molecule has 1 saturated heterocycles. The minimum Gasteiger partial charge on any atom is -0.394 e. The zero-order valence-corrected chi connectivity index (χ0v) is 18.7. The average Bonchev–Trinajstić information content (AvgIpc) is 3.55. The van der Waals surface area contributed by atoms with Crippen LogP contribution in [0.5, 0.6) is 0 Å². The van der Waals surface area contributed by atoms with E-state index >= 15 is 0 Å². The van der Waals surface area contributed by atoms with Crippen molar-refractivity contribution in [3.63, 3.8) is 0 Å². The van der Waals surface area contributed by atoms with Gasteiger partial charge in [0.15, 0.2) is 0 Å². The molecular formula is C22H22N4O3S2. The number of nitro groups is 1. The summed E-state index contributed by atoms with van der Waals surface area (Å²) < 4.78 is 3.30. The van der Waals surface area contributed by atoms with Crippen LogP contribution in [0.3, 0.4) is 0 Å². The molecule has 160 valence electrons. The lowest BCUT2D eigenvalue weighted by Crippen LogP contribution is -2.23. The molecule has 3 aromatic rings. The van der Waals surface area contributed by atoms with Gasteiger partial charge in [-0.05, 0) is 62.0 Å². The van der Waals surface area contributed by atoms with Gasteiger partial charge in [-0.15, -0.1) is 23.1 Å². The number of likely N-dealkylation sites (tertiary alicyclic amines) is 1. The second kappa shape index (κ2) is 8.49. The van der Waals surface area contributed by atoms with Gasteiger partial charge in [-0.25, -0.2) is 0 Å². The molecule has 0 bridgehead atoms. The zero-order chi connectivity index (χ0) is 21.4. The Morgan fingerprint density at radius 1 is 1.23 bits per heavy atom. The Bertz CT molecular complexity index is 1140. The first-order valence-corrected chi connectivity index (χ1v) is 12.3. The van der Waals surface area contributed by atoms with Gasteiger partial charge >= 0.3 is 0 Å². The molecule has 2 aromatic heterocycles. The van der Waals surface area contributed by atoms with E-state index in [4.69, 9.17) is 4.84 Å². The largest absolute Gasteiger partial charge is 0.394 e. The van der Waals surface area contributed by atoms with Crippen molar-refractivity contribution in [3.05, 3.63) is 63.3 Å². The molecule has 1 fully saturated rings. The monoisotopic (exact) mass is 454 g/mol. The highest BCUT2D eigenvalue weighted by Crippen LogP contribution is 2.48. The van der Waals surface area contributed by atoms with Crippen LogP contribution in [0.15, 0.2) is 52.0 Å². The van der Waals surface area contributed by atoms with E-state index in [0.717, 1.165) is 56.9 Å². The molecule has 2 aliphatic rings. The van der Waals surface area contributed by atoms with Crippen molar-refractivity contribution in [2.75, 3.05) is 32.5 Å². The van der Waals surface area contributed by atoms with Gasteiger partial charge in [-0.2, -0.15) is 0 Å². The van der Waals surface area contributed by atoms with E-state index in [1.54, 1.807) is 35.2 Å². The van der Waals surface area contributed by atoms with Crippen LogP contribution in [0.2, 0.25) is 0 Å². The van der Waals surface area contributed by atoms with Gasteiger partial charge in [-0.1, -0.05) is 5.16 Å². The first kappa shape index (κ1) is 20.3. The molecule has 0 amide bonds. The fraction of sp³-hybridized carbons (Fsp3) is 0.318. The lowest BCUT2D eigenvalue weighted by Gasteiger charge is -2.12. The summed E-state index contributed by atoms with van der Waals surface area (Å²) in [4.78, 5) is 19.9. The second-order valence-corrected chi connectivity index (χ2v) is 9.63. The number of hydrogen-bond donors (Lipinski definition) is 0. The molecule has 0 spiro atoms. The van der Waals surface area contributed by atoms with Crippen LogP contribution < -0.4 is 0 Å². The first-order chi connectivity index (χ1) is 15.2. The van der Waals surface area contributed by atoms with E-state index in [2.05, 4.69) is 20.9 Å². The molecular weight excluding hydrogens is 432 g/mol. The standard InChI is InChI=1S/C22H22N4O3S2/c1-30-22-18(15-6-8-16(9-7-15)26(27)28)20-21(31-22)19(17-5-4-12-25(17)20)23-29-14-13-24-10-2-3-11-24/h4-9,12H,2-3,10-11,13-14H2,1H3. The van der Waals surface area contributed by atoms with E-state index in [1.165, 1.54) is 12.8 Å². The lowest BCUT2D eigenvalue weighted by atomic mass is 10.1. The first-order valence-electron chi connectivity index (χ1n) is 10.2. The van der Waals surface area contributed by atoms with E-state index in [-0.39, 0.29) is 10.6 Å². The minimum atomic E-state index is -0.369. The molecule has 5 rings (SSSR count). The number of thiophene rings is 1. The van der Waals surface area contributed by atoms with Crippen molar-refractivity contribution in [1.29, 1.82) is 0 Å². The van der Waals surface area contributed by atoms with E-state index in [0.29, 0.717) is 6.61 Å². The van der Waals surface area contributed by atoms with E-state index in [9.17, 15) is 10.1 Å². The Kier molecular flexibility index (Phi) is 5.56. The van der Waals surface area contributed by atoms with Crippen LogP contribution in [-0.4, -0.2) is 52.6 Å². The molecule has 0 saturated carbocycles. The zero-order valence-electron chi connectivity index (χ0n) is 17.1. The van der Waals surface area contributed by atoms with Crippen LogP contribution >= 0.6 is 23.1 Å². The van der Waals surface area contributed by atoms with Crippen LogP contribution in [0.1, 0.15) is 23.4 Å². The summed E-state index contributed by atoms with van der Waals surface area (Å²) >= 11 is 3.37. The average molecular weight is 455 g/mol. The molecule has 0 unspecified atom stereocenters. The van der Waals surface area contributed by atoms with Crippen LogP contribution in [0.4, 0.5) is 5.69 Å². The molecule has 0 N–H and O–H groups in total. The molecule has 9 heteroatoms. The number of aromatic nitrogens is 1. The van der Waals surface area contributed by atoms with Crippen LogP contribution in [0, 0.1) is 10.1 Å². The van der Waals surface area contributed by atoms with Crippen molar-refractivity contribution in [3.8, 4) is 16.8 Å². The quantitative estimate of drug-likeness (QED) is 0.170. The third kappa shape index (κ3) is 3.66. The molecule has 2 aliphatic heterocycles. The normalized spacial score (nSPS) is 16.6. The summed E-state index contributed by atoms with van der Waals surface area (Å²) in [6.45, 7) is 3.77. The number of fused-ring (bicyclic) bond motifs is 3. The van der Waals surface area contributed by atoms with Crippen molar-refractivity contribution in [1.82, 2.24) is 9.47 Å². The summed E-state index contributed by atoms with van der Waals surface area (Å²) in [5.74, 6) is 0. The molecule has 4 heterocycles. The number of benzene rings is 1. The van der Waals surface area contributed by atoms with Gasteiger partial charge in [0, 0.05) is 30.4 Å². The third-order valence-electron chi connectivity index (χ3n) is 5.70. The minimum absolute atomic E-state index is 0.0941. The Hall–Kier alpha value is -2.62. The number of nitrogens with zero attached hydrogens (tertiary/aromatic N) is 4. The van der Waals surface area contributed by atoms with Gasteiger partial charge in [0.25, 0.3) is 5.69 Å². The van der Waals surface area contributed by atoms with Crippen molar-refractivity contribution < 1.29 is 9.76 Å². The summed E-state index contributed by atoms with van der Waals surface area (Å²) in [5.41, 5.74) is 5.08. The maximum Gasteiger partial charge on any atom is 0.269 e. The summed E-state index contributed by atoms with van der Waals surface area (Å²) in [6, 6.07) is 10.8. The Morgan fingerprint density at radius 2 is 2.00 bits per heavy atom. The highest BCUT2D eigenvalue weighted by atomic mass is 32.2. The van der Waals surface area contributed by atoms with Crippen molar-refractivity contribution >= 4 is 34.5 Å². The molecule has 0 radical (unpaired) electrons. The molecule has 31 heavy (non-hydrogen) atoms. The fourth-order valence-corrected chi connectivity index (χ4v) is 6.24. The van der Waals surface area contributed by atoms with Gasteiger partial charge in [0.05, 0.1) is 25.4 Å². The SMILES string of the molecule is CSc1sc2c(c1-c1ccc([N+](=O)[O-])cc1)-n1cccc1C2=NOCCN1CCCC1. The van der Waals surface area contributed by atoms with Crippen molar-refractivity contribution in [2.24, 2.45) is 5.16 Å². The highest BCUT2D eigenvalue weighted by Gasteiger charge is 2.33. The molecule has 7 nitrogen and oxygen atoms in total. The van der Waals surface area contributed by atoms with Crippen LogP contribution in [0.25, 0.3) is 16.8 Å². The number of nitro benzene ring substituents is 1. The Morgan fingerprint density at radius 3 is 2.71 bits per heavy atom. The fourth-order valence-electron chi connectivity index (χ4n) is 4.20. The smallest absolute Gasteiger partial charge is 0.269 e. The Balaban J connectivity index is 1.49. The highest BCUT2D eigenvalue weighted by molar-refractivity contribution is 8.00. The van der Waals surface area contributed by atoms with E-state index < -0.39 is 0 Å². The van der Waals surface area contributed by atoms with Gasteiger partial charge < -0.3 is 9.40 Å². The topological polar surface area (TPSA) is 72.9 Å². The number of oxime groups is 1. The summed E-state index contributed by atoms with van der Waals surface area (Å²) in [6.07, 6.45) is 6.62. The lowest BCUT2D eigenvalue weighted by molar-refractivity contribution is -0.384. The number of rotatable bonds is 7. The van der Waals surface area contributed by atoms with Gasteiger partial charge in [0.1, 0.15) is 12.3 Å². The summed E-state index contributed by atoms with van der Waals surface area (Å²) in [5, 5.41) is 15.6. The predicted octanol–water partition coefficient (Wildman–Crippen LogP) is 5.01. The van der Waals surface area contributed by atoms with Crippen LogP contribution in [-0.2, 0) is 4.84 Å². The maximum atomic E-state index is 11.1. The van der Waals surface area contributed by atoms with Gasteiger partial charge in [0.2, 0.25) is 0 Å². The third-order valence-corrected chi connectivity index (χ3v) is 8.01. The molecule has 1 aromatic carbocycles. The summed E-state index contributed by atoms with van der Waals surface area (Å²) in [7, 11) is 0. The number of non-ortho nitro benzene ring substituents is 1. The Labute approximate surface area is 188 Å². The molecule has 0 aliphatic carbocycles.